The van der Waals surface area contributed by atoms with Crippen LogP contribution in [-0.4, -0.2) is 26.3 Å². The van der Waals surface area contributed by atoms with Gasteiger partial charge < -0.3 is 4.74 Å². The monoisotopic (exact) mass is 306 g/mol. The summed E-state index contributed by atoms with van der Waals surface area (Å²) in [7, 11) is 1.78. The van der Waals surface area contributed by atoms with Crippen molar-refractivity contribution in [3.05, 3.63) is 23.3 Å². The van der Waals surface area contributed by atoms with Crippen LogP contribution in [0.2, 0.25) is 0 Å². The molecule has 1 aliphatic rings. The predicted molar refractivity (Wildman–Crippen MR) is 89.7 cm³/mol. The van der Waals surface area contributed by atoms with Crippen LogP contribution < -0.4 is 4.74 Å². The van der Waals surface area contributed by atoms with Crippen molar-refractivity contribution < 1.29 is 4.74 Å². The number of allylic oxidation sites excluding steroid dienone is 2. The zero-order chi connectivity index (χ0) is 16.5. The molecule has 22 heavy (non-hydrogen) atoms. The summed E-state index contributed by atoms with van der Waals surface area (Å²) < 4.78 is 7.41. The molecule has 0 saturated heterocycles. The smallest absolute Gasteiger partial charge is 0.335 e. The molecule has 2 atom stereocenters. The fourth-order valence-corrected chi connectivity index (χ4v) is 2.74. The van der Waals surface area contributed by atoms with Crippen molar-refractivity contribution in [3.63, 3.8) is 0 Å². The molecule has 2 unspecified atom stereocenters. The van der Waals surface area contributed by atoms with E-state index in [2.05, 4.69) is 48.4 Å². The number of nitrogens with zero attached hydrogens (tertiary/aromatic N) is 4. The summed E-state index contributed by atoms with van der Waals surface area (Å²) in [6.07, 6.45) is 8.87. The summed E-state index contributed by atoms with van der Waals surface area (Å²) in [6.45, 7) is 10.8. The lowest BCUT2D eigenvalue weighted by atomic mass is 9.85. The molecule has 1 heterocycles. The largest absolute Gasteiger partial charge is 0.455 e. The molecule has 0 spiro atoms. The maximum Gasteiger partial charge on any atom is 0.335 e. The van der Waals surface area contributed by atoms with Crippen LogP contribution in [0.25, 0.3) is 0 Å². The first-order chi connectivity index (χ1) is 10.7. The second-order valence-electron chi connectivity index (χ2n) is 5.41. The van der Waals surface area contributed by atoms with Gasteiger partial charge in [0.05, 0.1) is 0 Å². The second-order valence-corrected chi connectivity index (χ2v) is 5.41. The van der Waals surface area contributed by atoms with Gasteiger partial charge in [0.1, 0.15) is 6.10 Å². The molecule has 2 rings (SSSR count). The van der Waals surface area contributed by atoms with Crippen molar-refractivity contribution in [1.82, 2.24) is 20.2 Å². The van der Waals surface area contributed by atoms with Gasteiger partial charge >= 0.3 is 6.01 Å². The third kappa shape index (κ3) is 4.68. The maximum atomic E-state index is 5.85. The Labute approximate surface area is 134 Å². The van der Waals surface area contributed by atoms with Crippen LogP contribution in [0.5, 0.6) is 6.01 Å². The minimum absolute atomic E-state index is 0.0345. The minimum Gasteiger partial charge on any atom is -0.455 e. The van der Waals surface area contributed by atoms with Crippen LogP contribution in [0.15, 0.2) is 23.3 Å². The van der Waals surface area contributed by atoms with Gasteiger partial charge in [0, 0.05) is 13.5 Å². The van der Waals surface area contributed by atoms with Gasteiger partial charge in [-0.2, -0.15) is 4.68 Å². The quantitative estimate of drug-likeness (QED) is 0.794. The first-order valence-corrected chi connectivity index (χ1v) is 8.44. The lowest BCUT2D eigenvalue weighted by Gasteiger charge is -2.25. The standard InChI is InChI=1S/C15H24N4O.C2H6/c1-5-7-11(3)14-9-8-13(10-12(14)6-2)20-15-16-17-18-19(15)4;1-2/h8-9,11,13H,5-7,10H2,1-4H3;1-2H3. The summed E-state index contributed by atoms with van der Waals surface area (Å²) in [6, 6.07) is 0.472. The third-order valence-electron chi connectivity index (χ3n) is 3.86. The predicted octanol–water partition coefficient (Wildman–Crippen LogP) is 4.09. The van der Waals surface area contributed by atoms with Gasteiger partial charge in [0.2, 0.25) is 0 Å². The van der Waals surface area contributed by atoms with Crippen molar-refractivity contribution >= 4 is 0 Å². The highest BCUT2D eigenvalue weighted by molar-refractivity contribution is 5.33. The van der Waals surface area contributed by atoms with Crippen molar-refractivity contribution in [1.29, 1.82) is 0 Å². The average Bonchev–Trinajstić information content (AvgIpc) is 2.94. The van der Waals surface area contributed by atoms with Gasteiger partial charge in [0.15, 0.2) is 0 Å². The van der Waals surface area contributed by atoms with E-state index in [0.29, 0.717) is 11.9 Å². The number of rotatable bonds is 6. The Bertz CT molecular complexity index is 505. The van der Waals surface area contributed by atoms with E-state index in [-0.39, 0.29) is 6.10 Å². The molecule has 124 valence electrons. The summed E-state index contributed by atoms with van der Waals surface area (Å²) in [5, 5.41) is 11.3. The summed E-state index contributed by atoms with van der Waals surface area (Å²) >= 11 is 0. The highest BCUT2D eigenvalue weighted by Crippen LogP contribution is 2.30. The summed E-state index contributed by atoms with van der Waals surface area (Å²) in [5.41, 5.74) is 2.99. The molecule has 0 N–H and O–H groups in total. The highest BCUT2D eigenvalue weighted by Gasteiger charge is 2.21. The molecular weight excluding hydrogens is 276 g/mol. The molecule has 0 aromatic carbocycles. The van der Waals surface area contributed by atoms with Gasteiger partial charge in [-0.15, -0.1) is 0 Å². The van der Waals surface area contributed by atoms with Gasteiger partial charge in [-0.05, 0) is 40.8 Å². The molecule has 5 heteroatoms. The molecule has 1 aromatic heterocycles. The van der Waals surface area contributed by atoms with Crippen LogP contribution in [-0.2, 0) is 7.05 Å². The van der Waals surface area contributed by atoms with E-state index in [1.54, 1.807) is 11.7 Å². The zero-order valence-electron chi connectivity index (χ0n) is 14.8. The SMILES string of the molecule is CC.CCCC(C)C1=C(CC)CC(Oc2nnnn2C)C=C1. The molecule has 1 aromatic rings. The van der Waals surface area contributed by atoms with Crippen LogP contribution in [0.1, 0.15) is 60.3 Å². The molecule has 0 radical (unpaired) electrons. The maximum absolute atomic E-state index is 5.85. The number of ether oxygens (including phenoxy) is 1. The average molecular weight is 306 g/mol. The van der Waals surface area contributed by atoms with Gasteiger partial charge in [-0.3, -0.25) is 0 Å². The first kappa shape index (κ1) is 18.4. The van der Waals surface area contributed by atoms with Gasteiger partial charge in [0.25, 0.3) is 0 Å². The molecule has 5 nitrogen and oxygen atoms in total. The number of aryl methyl sites for hydroxylation is 1. The number of aromatic nitrogens is 4. The Morgan fingerprint density at radius 3 is 2.64 bits per heavy atom. The topological polar surface area (TPSA) is 52.8 Å². The Balaban J connectivity index is 0.00000116. The first-order valence-electron chi connectivity index (χ1n) is 8.44. The van der Waals surface area contributed by atoms with E-state index in [9.17, 15) is 0 Å². The summed E-state index contributed by atoms with van der Waals surface area (Å²) in [4.78, 5) is 0. The molecule has 0 saturated carbocycles. The lowest BCUT2D eigenvalue weighted by molar-refractivity contribution is 0.215. The Morgan fingerprint density at radius 2 is 2.09 bits per heavy atom. The number of hydrogen-bond acceptors (Lipinski definition) is 4. The van der Waals surface area contributed by atoms with Gasteiger partial charge in [-0.1, -0.05) is 57.8 Å². The van der Waals surface area contributed by atoms with E-state index in [4.69, 9.17) is 4.74 Å². The van der Waals surface area contributed by atoms with Crippen molar-refractivity contribution in [2.45, 2.75) is 66.4 Å². The Morgan fingerprint density at radius 1 is 1.36 bits per heavy atom. The van der Waals surface area contributed by atoms with Crippen LogP contribution in [0.3, 0.4) is 0 Å². The zero-order valence-corrected chi connectivity index (χ0v) is 14.8. The minimum atomic E-state index is 0.0345. The van der Waals surface area contributed by atoms with E-state index in [1.807, 2.05) is 13.8 Å². The van der Waals surface area contributed by atoms with Crippen molar-refractivity contribution in [2.75, 3.05) is 0 Å². The number of hydrogen-bond donors (Lipinski definition) is 0. The van der Waals surface area contributed by atoms with Gasteiger partial charge in [-0.25, -0.2) is 0 Å². The fraction of sp³-hybridized carbons (Fsp3) is 0.706. The lowest BCUT2D eigenvalue weighted by Crippen LogP contribution is -2.21. The fourth-order valence-electron chi connectivity index (χ4n) is 2.74. The normalized spacial score (nSPS) is 18.7. The van der Waals surface area contributed by atoms with Crippen molar-refractivity contribution in [2.24, 2.45) is 13.0 Å². The third-order valence-corrected chi connectivity index (χ3v) is 3.86. The van der Waals surface area contributed by atoms with Crippen LogP contribution >= 0.6 is 0 Å². The molecule has 0 aliphatic heterocycles. The van der Waals surface area contributed by atoms with E-state index in [1.165, 1.54) is 24.0 Å². The van der Waals surface area contributed by atoms with E-state index < -0.39 is 0 Å². The van der Waals surface area contributed by atoms with Crippen LogP contribution in [0.4, 0.5) is 0 Å². The molecule has 0 bridgehead atoms. The molecule has 1 aliphatic carbocycles. The van der Waals surface area contributed by atoms with E-state index >= 15 is 0 Å². The molecule has 0 fully saturated rings. The highest BCUT2D eigenvalue weighted by atomic mass is 16.5. The number of tetrazole rings is 1. The van der Waals surface area contributed by atoms with E-state index in [0.717, 1.165) is 12.8 Å². The van der Waals surface area contributed by atoms with Crippen molar-refractivity contribution in [3.8, 4) is 6.01 Å². The molecule has 0 amide bonds. The van der Waals surface area contributed by atoms with Crippen LogP contribution in [0, 0.1) is 5.92 Å². The summed E-state index contributed by atoms with van der Waals surface area (Å²) in [5.74, 6) is 0.628. The Kier molecular flexibility index (Phi) is 7.85. The second kappa shape index (κ2) is 9.38. The Hall–Kier alpha value is -1.65. The molecular formula is C17H30N4O.